The number of pyridine rings is 1. The van der Waals surface area contributed by atoms with Gasteiger partial charge >= 0.3 is 21.1 Å². The van der Waals surface area contributed by atoms with Crippen molar-refractivity contribution in [2.75, 3.05) is 23.4 Å². The zero-order chi connectivity index (χ0) is 38.0. The van der Waals surface area contributed by atoms with E-state index in [-0.39, 0.29) is 33.1 Å². The van der Waals surface area contributed by atoms with Gasteiger partial charge in [0, 0.05) is 22.8 Å². The Balaban J connectivity index is 0.00000441. The van der Waals surface area contributed by atoms with Crippen molar-refractivity contribution >= 4 is 67.7 Å². The molecule has 0 aliphatic carbocycles. The summed E-state index contributed by atoms with van der Waals surface area (Å²) in [4.78, 5) is 8.52. The SMILES string of the molecule is [2H]C([2H])([2H])N1CN(c2[c-]c([Si](c3[c-]c4c(cc3)c3ccccc3n4-c3cc(C(C)(C)C)ccn3)(c3ccccc3)c3ccccc3)ccc2)c2ccccc21.[Pt+2]. The number of hydrogen-bond acceptors (Lipinski definition) is 3. The molecule has 4 nitrogen and oxygen atoms in total. The van der Waals surface area contributed by atoms with Crippen molar-refractivity contribution in [1.82, 2.24) is 9.55 Å². The first kappa shape index (κ1) is 31.3. The van der Waals surface area contributed by atoms with Crippen LogP contribution < -0.4 is 30.5 Å². The molecule has 1 aliphatic rings. The number of nitrogens with zero attached hydrogens (tertiary/aromatic N) is 4. The van der Waals surface area contributed by atoms with E-state index in [0.29, 0.717) is 5.69 Å². The van der Waals surface area contributed by atoms with E-state index in [0.717, 1.165) is 49.4 Å². The van der Waals surface area contributed by atoms with Crippen molar-refractivity contribution in [3.63, 3.8) is 0 Å². The smallest absolute Gasteiger partial charge is 0.355 e. The third kappa shape index (κ3) is 5.74. The zero-order valence-corrected chi connectivity index (χ0v) is 33.1. The number of rotatable bonds is 6. The second-order valence-electron chi connectivity index (χ2n) is 14.6. The molecule has 0 atom stereocenters. The molecule has 0 amide bonds. The van der Waals surface area contributed by atoms with Crippen LogP contribution in [0.1, 0.15) is 30.4 Å². The fraction of sp³-hybridized carbons (Fsp3) is 0.128. The Morgan fingerprint density at radius 3 is 2.04 bits per heavy atom. The van der Waals surface area contributed by atoms with Crippen LogP contribution in [0.2, 0.25) is 0 Å². The van der Waals surface area contributed by atoms with E-state index < -0.39 is 15.0 Å². The van der Waals surface area contributed by atoms with Gasteiger partial charge in [0.2, 0.25) is 0 Å². The van der Waals surface area contributed by atoms with Gasteiger partial charge in [-0.25, -0.2) is 4.98 Å². The van der Waals surface area contributed by atoms with Gasteiger partial charge in [0.1, 0.15) is 13.9 Å². The maximum absolute atomic E-state index is 8.34. The van der Waals surface area contributed by atoms with Crippen LogP contribution in [0.25, 0.3) is 27.6 Å². The summed E-state index contributed by atoms with van der Waals surface area (Å²) in [5.74, 6) is 0.860. The average molecular weight is 887 g/mol. The molecule has 0 saturated carbocycles. The van der Waals surface area contributed by atoms with Crippen LogP contribution >= 0.6 is 0 Å². The van der Waals surface area contributed by atoms with Gasteiger partial charge in [-0.15, -0.1) is 11.5 Å². The Morgan fingerprint density at radius 1 is 0.660 bits per heavy atom. The summed E-state index contributed by atoms with van der Waals surface area (Å²) in [6.07, 6.45) is 1.91. The molecule has 9 rings (SSSR count). The first-order chi connectivity index (χ1) is 26.5. The molecule has 8 aromatic rings. The molecule has 53 heavy (non-hydrogen) atoms. The number of benzene rings is 6. The summed E-state index contributed by atoms with van der Waals surface area (Å²) in [6, 6.07) is 61.0. The maximum Gasteiger partial charge on any atom is 2.00 e. The molecule has 0 saturated heterocycles. The molecule has 0 radical (unpaired) electrons. The van der Waals surface area contributed by atoms with Crippen molar-refractivity contribution in [1.29, 1.82) is 0 Å². The Bertz CT molecular complexity index is 2650. The first-order valence-electron chi connectivity index (χ1n) is 19.3. The first-order valence-corrected chi connectivity index (χ1v) is 19.8. The van der Waals surface area contributed by atoms with Crippen LogP contribution in [-0.4, -0.2) is 31.3 Å². The number of fused-ring (bicyclic) bond motifs is 4. The number of anilines is 3. The van der Waals surface area contributed by atoms with Crippen molar-refractivity contribution in [3.8, 4) is 5.82 Å². The number of aromatic nitrogens is 2. The predicted octanol–water partition coefficient (Wildman–Crippen LogP) is 8.00. The van der Waals surface area contributed by atoms with Crippen LogP contribution in [-0.2, 0) is 26.5 Å². The largest absolute Gasteiger partial charge is 2.00 e. The fourth-order valence-electron chi connectivity index (χ4n) is 7.92. The minimum atomic E-state index is -3.15. The summed E-state index contributed by atoms with van der Waals surface area (Å²) in [6.45, 7) is 4.59. The van der Waals surface area contributed by atoms with Crippen LogP contribution in [0.15, 0.2) is 158 Å². The normalized spacial score (nSPS) is 14.1. The number of para-hydroxylation sites is 3. The summed E-state index contributed by atoms with van der Waals surface area (Å²) in [5, 5.41) is 6.81. The fourth-order valence-corrected chi connectivity index (χ4v) is 12.5. The maximum atomic E-state index is 8.34. The molecule has 0 spiro atoms. The van der Waals surface area contributed by atoms with Gasteiger partial charge in [0.05, 0.1) is 18.0 Å². The standard InChI is InChI=1S/C47H40N4Si.Pt/c1-47(2,3)34-28-29-48-46(30-34)51-42-23-12-11-22-40(42)41-27-26-39(32-45(41)51)52(36-17-7-5-8-18-36,37-19-9-6-10-20-37)38-21-15-16-35(31-38)50-33-49(4)43-24-13-14-25-44(43)50;/h5-30H,33H2,1-4H3;/q-2;+2/i4D3;. The molecule has 6 heteroatoms. The molecular formula is C47H40N4PtSi. The van der Waals surface area contributed by atoms with Gasteiger partial charge in [-0.3, -0.25) is 0 Å². The average Bonchev–Trinajstić information content (AvgIpc) is 3.76. The van der Waals surface area contributed by atoms with Gasteiger partial charge in [0.15, 0.2) is 0 Å². The van der Waals surface area contributed by atoms with Crippen LogP contribution in [0.3, 0.4) is 0 Å². The molecule has 0 fully saturated rings. The van der Waals surface area contributed by atoms with E-state index in [1.807, 2.05) is 36.5 Å². The third-order valence-corrected chi connectivity index (χ3v) is 15.1. The minimum Gasteiger partial charge on any atom is -0.355 e. The summed E-state index contributed by atoms with van der Waals surface area (Å²) < 4.78 is 27.3. The van der Waals surface area contributed by atoms with Gasteiger partial charge in [0.25, 0.3) is 0 Å². The monoisotopic (exact) mass is 886 g/mol. The predicted molar refractivity (Wildman–Crippen MR) is 220 cm³/mol. The molecule has 0 N–H and O–H groups in total. The Hall–Kier alpha value is -5.22. The van der Waals surface area contributed by atoms with Crippen LogP contribution in [0.4, 0.5) is 17.1 Å². The van der Waals surface area contributed by atoms with Crippen molar-refractivity contribution in [2.45, 2.75) is 26.2 Å². The second-order valence-corrected chi connectivity index (χ2v) is 18.3. The molecule has 2 aromatic heterocycles. The van der Waals surface area contributed by atoms with E-state index in [1.165, 1.54) is 20.8 Å². The van der Waals surface area contributed by atoms with Crippen LogP contribution in [0.5, 0.6) is 0 Å². The van der Waals surface area contributed by atoms with E-state index in [2.05, 4.69) is 164 Å². The van der Waals surface area contributed by atoms with Crippen LogP contribution in [0, 0.1) is 12.1 Å². The number of hydrogen-bond donors (Lipinski definition) is 0. The van der Waals surface area contributed by atoms with E-state index in [1.54, 1.807) is 0 Å². The minimum absolute atomic E-state index is 0. The topological polar surface area (TPSA) is 24.3 Å². The molecular weight excluding hydrogens is 844 g/mol. The van der Waals surface area contributed by atoms with Crippen molar-refractivity contribution in [2.24, 2.45) is 0 Å². The zero-order valence-electron chi connectivity index (χ0n) is 32.8. The summed E-state index contributed by atoms with van der Waals surface area (Å²) in [7, 11) is -3.15. The summed E-state index contributed by atoms with van der Waals surface area (Å²) in [5.41, 5.74) is 5.57. The van der Waals surface area contributed by atoms with Gasteiger partial charge < -0.3 is 14.4 Å². The summed E-state index contributed by atoms with van der Waals surface area (Å²) >= 11 is 0. The van der Waals surface area contributed by atoms with Gasteiger partial charge in [-0.1, -0.05) is 123 Å². The Kier molecular flexibility index (Phi) is 8.06. The van der Waals surface area contributed by atoms with E-state index in [9.17, 15) is 0 Å². The van der Waals surface area contributed by atoms with Crippen molar-refractivity contribution < 1.29 is 25.2 Å². The molecule has 6 aromatic carbocycles. The second kappa shape index (κ2) is 13.6. The van der Waals surface area contributed by atoms with Crippen molar-refractivity contribution in [3.05, 3.63) is 176 Å². The van der Waals surface area contributed by atoms with E-state index >= 15 is 0 Å². The quantitative estimate of drug-likeness (QED) is 0.0963. The Labute approximate surface area is 331 Å². The molecule has 3 heterocycles. The molecule has 262 valence electrons. The van der Waals surface area contributed by atoms with E-state index in [4.69, 9.17) is 9.10 Å². The Morgan fingerprint density at radius 2 is 1.32 bits per heavy atom. The molecule has 0 bridgehead atoms. The third-order valence-electron chi connectivity index (χ3n) is 10.5. The molecule has 0 unspecified atom stereocenters. The molecule has 1 aliphatic heterocycles. The van der Waals surface area contributed by atoms with Gasteiger partial charge in [-0.05, 0) is 57.1 Å². The van der Waals surface area contributed by atoms with Gasteiger partial charge in [-0.2, -0.15) is 46.8 Å².